The van der Waals surface area contributed by atoms with E-state index in [9.17, 15) is 5.11 Å². The fraction of sp³-hybridized carbons (Fsp3) is 0.400. The zero-order valence-electron chi connectivity index (χ0n) is 7.79. The van der Waals surface area contributed by atoms with Crippen molar-refractivity contribution in [2.75, 3.05) is 0 Å². The second kappa shape index (κ2) is 4.09. The molecule has 1 aromatic carbocycles. The molecule has 0 amide bonds. The molecule has 13 heavy (non-hydrogen) atoms. The van der Waals surface area contributed by atoms with Crippen LogP contribution in [0.1, 0.15) is 24.1 Å². The maximum absolute atomic E-state index is 9.28. The highest BCUT2D eigenvalue weighted by molar-refractivity contribution is 6.31. The van der Waals surface area contributed by atoms with Crippen LogP contribution in [0.5, 0.6) is 0 Å². The summed E-state index contributed by atoms with van der Waals surface area (Å²) in [6.07, 6.45) is -0.541. The molecular weight excluding hydrogens is 186 g/mol. The lowest BCUT2D eigenvalue weighted by Gasteiger charge is -2.15. The van der Waals surface area contributed by atoms with Crippen LogP contribution >= 0.6 is 11.6 Å². The van der Waals surface area contributed by atoms with Gasteiger partial charge < -0.3 is 10.8 Å². The molecule has 0 spiro atoms. The summed E-state index contributed by atoms with van der Waals surface area (Å²) in [6.45, 7) is 3.59. The lowest BCUT2D eigenvalue weighted by molar-refractivity contribution is 0.164. The Bertz CT molecular complexity index is 299. The van der Waals surface area contributed by atoms with Crippen molar-refractivity contribution in [1.29, 1.82) is 0 Å². The zero-order valence-corrected chi connectivity index (χ0v) is 8.55. The first-order chi connectivity index (χ1) is 6.02. The Morgan fingerprint density at radius 1 is 1.46 bits per heavy atom. The number of halogens is 1. The van der Waals surface area contributed by atoms with Crippen molar-refractivity contribution in [3.05, 3.63) is 34.3 Å². The zero-order chi connectivity index (χ0) is 10.0. The van der Waals surface area contributed by atoms with Gasteiger partial charge >= 0.3 is 0 Å². The molecule has 2 atom stereocenters. The van der Waals surface area contributed by atoms with Crippen LogP contribution in [0.2, 0.25) is 5.02 Å². The molecule has 0 saturated carbocycles. The van der Waals surface area contributed by atoms with Crippen LogP contribution < -0.4 is 5.73 Å². The van der Waals surface area contributed by atoms with Crippen LogP contribution in [-0.4, -0.2) is 11.2 Å². The van der Waals surface area contributed by atoms with Gasteiger partial charge in [0.2, 0.25) is 0 Å². The standard InChI is InChI=1S/C10H14ClNO/c1-6-5-8(3-4-9(6)11)10(12)7(2)13/h3-5,7,10,13H,12H2,1-2H3/t7-,10+/m0/s1. The summed E-state index contributed by atoms with van der Waals surface area (Å²) in [5, 5.41) is 10.0. The van der Waals surface area contributed by atoms with Crippen molar-refractivity contribution in [3.63, 3.8) is 0 Å². The maximum atomic E-state index is 9.28. The van der Waals surface area contributed by atoms with E-state index in [1.165, 1.54) is 0 Å². The number of nitrogens with two attached hydrogens (primary N) is 1. The van der Waals surface area contributed by atoms with Crippen LogP contribution in [-0.2, 0) is 0 Å². The Labute approximate surface area is 83.3 Å². The topological polar surface area (TPSA) is 46.2 Å². The van der Waals surface area contributed by atoms with Crippen molar-refractivity contribution >= 4 is 11.6 Å². The molecule has 2 nitrogen and oxygen atoms in total. The fourth-order valence-electron chi connectivity index (χ4n) is 1.15. The quantitative estimate of drug-likeness (QED) is 0.766. The number of hydrogen-bond acceptors (Lipinski definition) is 2. The average molecular weight is 200 g/mol. The second-order valence-corrected chi connectivity index (χ2v) is 3.68. The van der Waals surface area contributed by atoms with Crippen LogP contribution in [0.15, 0.2) is 18.2 Å². The highest BCUT2D eigenvalue weighted by Gasteiger charge is 2.12. The van der Waals surface area contributed by atoms with E-state index in [1.54, 1.807) is 13.0 Å². The number of benzene rings is 1. The molecule has 0 saturated heterocycles. The Kier molecular flexibility index (Phi) is 3.31. The third-order valence-corrected chi connectivity index (χ3v) is 2.51. The first kappa shape index (κ1) is 10.5. The van der Waals surface area contributed by atoms with Crippen LogP contribution in [0.25, 0.3) is 0 Å². The molecule has 0 unspecified atom stereocenters. The van der Waals surface area contributed by atoms with E-state index in [4.69, 9.17) is 17.3 Å². The summed E-state index contributed by atoms with van der Waals surface area (Å²) in [5.74, 6) is 0. The molecule has 0 fully saturated rings. The summed E-state index contributed by atoms with van der Waals surface area (Å²) < 4.78 is 0. The van der Waals surface area contributed by atoms with E-state index in [0.717, 1.165) is 16.1 Å². The van der Waals surface area contributed by atoms with Gasteiger partial charge in [-0.25, -0.2) is 0 Å². The van der Waals surface area contributed by atoms with Gasteiger partial charge in [-0.3, -0.25) is 0 Å². The highest BCUT2D eigenvalue weighted by atomic mass is 35.5. The highest BCUT2D eigenvalue weighted by Crippen LogP contribution is 2.21. The minimum absolute atomic E-state index is 0.337. The number of aliphatic hydroxyl groups excluding tert-OH is 1. The normalized spacial score (nSPS) is 15.5. The lowest BCUT2D eigenvalue weighted by atomic mass is 10.0. The number of aliphatic hydroxyl groups is 1. The smallest absolute Gasteiger partial charge is 0.0704 e. The molecule has 0 aliphatic rings. The molecule has 0 aliphatic carbocycles. The summed E-state index contributed by atoms with van der Waals surface area (Å²) in [5.41, 5.74) is 7.66. The number of rotatable bonds is 2. The van der Waals surface area contributed by atoms with E-state index in [-0.39, 0.29) is 6.04 Å². The average Bonchev–Trinajstić information content (AvgIpc) is 2.08. The molecule has 3 N–H and O–H groups in total. The van der Waals surface area contributed by atoms with Crippen molar-refractivity contribution < 1.29 is 5.11 Å². The van der Waals surface area contributed by atoms with Gasteiger partial charge in [0.05, 0.1) is 12.1 Å². The van der Waals surface area contributed by atoms with Crippen LogP contribution in [0, 0.1) is 6.92 Å². The molecule has 1 rings (SSSR count). The molecule has 0 radical (unpaired) electrons. The molecular formula is C10H14ClNO. The largest absolute Gasteiger partial charge is 0.391 e. The summed E-state index contributed by atoms with van der Waals surface area (Å²) in [6, 6.07) is 5.21. The summed E-state index contributed by atoms with van der Waals surface area (Å²) in [7, 11) is 0. The van der Waals surface area contributed by atoms with Gasteiger partial charge in [0.1, 0.15) is 0 Å². The summed E-state index contributed by atoms with van der Waals surface area (Å²) in [4.78, 5) is 0. The first-order valence-electron chi connectivity index (χ1n) is 4.22. The van der Waals surface area contributed by atoms with Crippen molar-refractivity contribution in [3.8, 4) is 0 Å². The van der Waals surface area contributed by atoms with Gasteiger partial charge in [-0.1, -0.05) is 23.7 Å². The first-order valence-corrected chi connectivity index (χ1v) is 4.60. The minimum atomic E-state index is -0.541. The Morgan fingerprint density at radius 3 is 2.54 bits per heavy atom. The van der Waals surface area contributed by atoms with E-state index >= 15 is 0 Å². The predicted molar refractivity (Wildman–Crippen MR) is 54.8 cm³/mol. The fourth-order valence-corrected chi connectivity index (χ4v) is 1.27. The molecule has 3 heteroatoms. The van der Waals surface area contributed by atoms with Gasteiger partial charge in [-0.05, 0) is 31.0 Å². The molecule has 0 aromatic heterocycles. The molecule has 72 valence electrons. The Morgan fingerprint density at radius 2 is 2.08 bits per heavy atom. The van der Waals surface area contributed by atoms with Gasteiger partial charge in [-0.15, -0.1) is 0 Å². The third-order valence-electron chi connectivity index (χ3n) is 2.09. The maximum Gasteiger partial charge on any atom is 0.0704 e. The Balaban J connectivity index is 2.97. The monoisotopic (exact) mass is 199 g/mol. The second-order valence-electron chi connectivity index (χ2n) is 3.28. The van der Waals surface area contributed by atoms with E-state index in [0.29, 0.717) is 0 Å². The van der Waals surface area contributed by atoms with E-state index < -0.39 is 6.10 Å². The van der Waals surface area contributed by atoms with Gasteiger partial charge in [-0.2, -0.15) is 0 Å². The van der Waals surface area contributed by atoms with E-state index in [1.807, 2.05) is 19.1 Å². The van der Waals surface area contributed by atoms with Crippen LogP contribution in [0.4, 0.5) is 0 Å². The SMILES string of the molecule is Cc1cc([C@H](N)[C@H](C)O)ccc1Cl. The van der Waals surface area contributed by atoms with Crippen molar-refractivity contribution in [1.82, 2.24) is 0 Å². The minimum Gasteiger partial charge on any atom is -0.391 e. The molecule has 0 bridgehead atoms. The van der Waals surface area contributed by atoms with Gasteiger partial charge in [0.25, 0.3) is 0 Å². The van der Waals surface area contributed by atoms with Crippen molar-refractivity contribution in [2.45, 2.75) is 26.0 Å². The van der Waals surface area contributed by atoms with Crippen LogP contribution in [0.3, 0.4) is 0 Å². The van der Waals surface area contributed by atoms with Gasteiger partial charge in [0, 0.05) is 5.02 Å². The molecule has 1 aromatic rings. The molecule has 0 aliphatic heterocycles. The van der Waals surface area contributed by atoms with E-state index in [2.05, 4.69) is 0 Å². The summed E-state index contributed by atoms with van der Waals surface area (Å²) >= 11 is 5.86. The number of hydrogen-bond donors (Lipinski definition) is 2. The third kappa shape index (κ3) is 2.44. The number of aryl methyl sites for hydroxylation is 1. The molecule has 0 heterocycles. The van der Waals surface area contributed by atoms with Crippen molar-refractivity contribution in [2.24, 2.45) is 5.73 Å². The predicted octanol–water partition coefficient (Wildman–Crippen LogP) is 2.03. The lowest BCUT2D eigenvalue weighted by Crippen LogP contribution is -2.23. The Hall–Kier alpha value is -0.570. The van der Waals surface area contributed by atoms with Gasteiger partial charge in [0.15, 0.2) is 0 Å².